The topological polar surface area (TPSA) is 71.0 Å². The van der Waals surface area contributed by atoms with Gasteiger partial charge < -0.3 is 10.2 Å². The molecule has 2 heterocycles. The zero-order valence-corrected chi connectivity index (χ0v) is 18.5. The number of anilines is 1. The van der Waals surface area contributed by atoms with Crippen molar-refractivity contribution in [2.24, 2.45) is 0 Å². The van der Waals surface area contributed by atoms with Crippen LogP contribution in [0, 0.1) is 11.6 Å². The van der Waals surface area contributed by atoms with Crippen LogP contribution in [0.15, 0.2) is 42.7 Å². The van der Waals surface area contributed by atoms with E-state index in [1.54, 1.807) is 0 Å². The number of nitrogens with one attached hydrogen (secondary N) is 1. The Morgan fingerprint density at radius 1 is 1.06 bits per heavy atom. The molecule has 1 aromatic carbocycles. The molecule has 0 saturated carbocycles. The van der Waals surface area contributed by atoms with Crippen molar-refractivity contribution in [2.45, 2.75) is 25.6 Å². The quantitative estimate of drug-likeness (QED) is 0.345. The van der Waals surface area contributed by atoms with E-state index >= 15 is 0 Å². The molecule has 0 amide bonds. The first kappa shape index (κ1) is 25.2. The fourth-order valence-electron chi connectivity index (χ4n) is 3.06. The van der Waals surface area contributed by atoms with Crippen LogP contribution in [-0.2, 0) is 12.7 Å². The van der Waals surface area contributed by atoms with E-state index in [2.05, 4.69) is 20.3 Å². The van der Waals surface area contributed by atoms with Gasteiger partial charge in [-0.1, -0.05) is 6.07 Å². The monoisotopic (exact) mass is 479 g/mol. The molecule has 11 heteroatoms. The molecule has 0 aliphatic heterocycles. The minimum atomic E-state index is -4.62. The molecule has 1 N–H and O–H groups in total. The molecule has 6 nitrogen and oxygen atoms in total. The Kier molecular flexibility index (Phi) is 7.87. The van der Waals surface area contributed by atoms with Gasteiger partial charge in [0, 0.05) is 48.6 Å². The van der Waals surface area contributed by atoms with Crippen molar-refractivity contribution in [3.05, 3.63) is 71.2 Å². The van der Waals surface area contributed by atoms with E-state index in [9.17, 15) is 26.7 Å². The Morgan fingerprint density at radius 3 is 2.50 bits per heavy atom. The summed E-state index contributed by atoms with van der Waals surface area (Å²) < 4.78 is 66.5. The van der Waals surface area contributed by atoms with Crippen molar-refractivity contribution in [1.29, 1.82) is 0 Å². The van der Waals surface area contributed by atoms with Crippen LogP contribution < -0.4 is 5.32 Å². The van der Waals surface area contributed by atoms with Crippen molar-refractivity contribution < 1.29 is 26.7 Å². The molecule has 2 aromatic heterocycles. The summed E-state index contributed by atoms with van der Waals surface area (Å²) in [7, 11) is 3.73. The van der Waals surface area contributed by atoms with Gasteiger partial charge in [0.05, 0.1) is 5.56 Å². The number of alkyl halides is 3. The van der Waals surface area contributed by atoms with Gasteiger partial charge in [-0.2, -0.15) is 13.2 Å². The predicted octanol–water partition coefficient (Wildman–Crippen LogP) is 4.97. The summed E-state index contributed by atoms with van der Waals surface area (Å²) in [4.78, 5) is 26.6. The molecule has 3 rings (SSSR count). The van der Waals surface area contributed by atoms with E-state index in [0.29, 0.717) is 19.2 Å². The number of hydrogen-bond acceptors (Lipinski definition) is 6. The standard InChI is InChI=1S/C23H22F5N5O/c1-33(2)7-3-4-20(34)19-10-21(30-12-14-5-6-17(24)9-18(14)25)32-22(31-19)15-8-16(13-29-11-15)23(26,27)28/h5-6,8-11,13H,3-4,7,12H2,1-2H3,(H,30,31,32). The minimum absolute atomic E-state index is 0.00301. The van der Waals surface area contributed by atoms with Crippen molar-refractivity contribution in [3.8, 4) is 11.4 Å². The van der Waals surface area contributed by atoms with Gasteiger partial charge in [0.1, 0.15) is 23.1 Å². The summed E-state index contributed by atoms with van der Waals surface area (Å²) in [5.74, 6) is -1.86. The van der Waals surface area contributed by atoms with Crippen molar-refractivity contribution in [1.82, 2.24) is 19.9 Å². The van der Waals surface area contributed by atoms with Crippen molar-refractivity contribution in [2.75, 3.05) is 26.0 Å². The van der Waals surface area contributed by atoms with Crippen molar-refractivity contribution in [3.63, 3.8) is 0 Å². The zero-order chi connectivity index (χ0) is 24.9. The van der Waals surface area contributed by atoms with Gasteiger partial charge >= 0.3 is 6.18 Å². The lowest BCUT2D eigenvalue weighted by Crippen LogP contribution is -2.15. The van der Waals surface area contributed by atoms with E-state index in [-0.39, 0.29) is 47.2 Å². The molecule has 0 aliphatic carbocycles. The van der Waals surface area contributed by atoms with E-state index in [1.807, 2.05) is 19.0 Å². The number of carbonyl (C=O) groups excluding carboxylic acids is 1. The maximum absolute atomic E-state index is 14.0. The molecule has 0 radical (unpaired) electrons. The third kappa shape index (κ3) is 6.77. The maximum atomic E-state index is 14.0. The summed E-state index contributed by atoms with van der Waals surface area (Å²) in [6, 6.07) is 5.27. The maximum Gasteiger partial charge on any atom is 0.417 e. The van der Waals surface area contributed by atoms with Gasteiger partial charge in [0.15, 0.2) is 11.6 Å². The molecule has 3 aromatic rings. The Labute approximate surface area is 192 Å². The highest BCUT2D eigenvalue weighted by Crippen LogP contribution is 2.31. The number of ketones is 1. The lowest BCUT2D eigenvalue weighted by atomic mass is 10.1. The van der Waals surface area contributed by atoms with E-state index in [0.717, 1.165) is 24.4 Å². The average Bonchev–Trinajstić information content (AvgIpc) is 2.77. The SMILES string of the molecule is CN(C)CCCC(=O)c1cc(NCc2ccc(F)cc2F)nc(-c2cncc(C(F)(F)F)c2)n1. The molecule has 0 saturated heterocycles. The largest absolute Gasteiger partial charge is 0.417 e. The number of halogens is 5. The summed E-state index contributed by atoms with van der Waals surface area (Å²) in [6.07, 6.45) is -2.06. The molecule has 0 spiro atoms. The molecule has 34 heavy (non-hydrogen) atoms. The van der Waals surface area contributed by atoms with E-state index in [1.165, 1.54) is 12.1 Å². The van der Waals surface area contributed by atoms with Crippen LogP contribution in [0.4, 0.5) is 27.8 Å². The summed E-state index contributed by atoms with van der Waals surface area (Å²) in [5.41, 5.74) is -0.877. The van der Waals surface area contributed by atoms with Crippen LogP contribution in [0.5, 0.6) is 0 Å². The fraction of sp³-hybridized carbons (Fsp3) is 0.304. The van der Waals surface area contributed by atoms with Gasteiger partial charge in [-0.05, 0) is 39.2 Å². The zero-order valence-electron chi connectivity index (χ0n) is 18.5. The number of rotatable bonds is 9. The third-order valence-corrected chi connectivity index (χ3v) is 4.82. The highest BCUT2D eigenvalue weighted by Gasteiger charge is 2.31. The molecule has 0 bridgehead atoms. The second-order valence-electron chi connectivity index (χ2n) is 7.84. The van der Waals surface area contributed by atoms with E-state index < -0.39 is 23.4 Å². The summed E-state index contributed by atoms with van der Waals surface area (Å²) in [6.45, 7) is 0.563. The fourth-order valence-corrected chi connectivity index (χ4v) is 3.06. The van der Waals surface area contributed by atoms with Crippen LogP contribution in [0.3, 0.4) is 0 Å². The lowest BCUT2D eigenvalue weighted by Gasteiger charge is -2.12. The molecule has 0 atom stereocenters. The molecule has 180 valence electrons. The van der Waals surface area contributed by atoms with Gasteiger partial charge in [0.25, 0.3) is 0 Å². The van der Waals surface area contributed by atoms with Crippen LogP contribution in [-0.4, -0.2) is 46.3 Å². The summed E-state index contributed by atoms with van der Waals surface area (Å²) >= 11 is 0. The molecular weight excluding hydrogens is 457 g/mol. The highest BCUT2D eigenvalue weighted by molar-refractivity contribution is 5.95. The number of nitrogens with zero attached hydrogens (tertiary/aromatic N) is 4. The molecule has 0 unspecified atom stereocenters. The summed E-state index contributed by atoms with van der Waals surface area (Å²) in [5, 5.41) is 2.83. The molecule has 0 fully saturated rings. The smallest absolute Gasteiger partial charge is 0.366 e. The second-order valence-corrected chi connectivity index (χ2v) is 7.84. The first-order valence-electron chi connectivity index (χ1n) is 10.3. The highest BCUT2D eigenvalue weighted by atomic mass is 19.4. The average molecular weight is 479 g/mol. The normalized spacial score (nSPS) is 11.6. The lowest BCUT2D eigenvalue weighted by molar-refractivity contribution is -0.137. The Hall–Kier alpha value is -3.47. The van der Waals surface area contributed by atoms with Gasteiger partial charge in [-0.15, -0.1) is 0 Å². The third-order valence-electron chi connectivity index (χ3n) is 4.82. The van der Waals surface area contributed by atoms with Gasteiger partial charge in [0.2, 0.25) is 0 Å². The van der Waals surface area contributed by atoms with Crippen LogP contribution >= 0.6 is 0 Å². The first-order chi connectivity index (χ1) is 16.0. The van der Waals surface area contributed by atoms with Crippen LogP contribution in [0.2, 0.25) is 0 Å². The Bertz CT molecular complexity index is 1170. The number of aromatic nitrogens is 3. The number of pyridine rings is 1. The van der Waals surface area contributed by atoms with Gasteiger partial charge in [-0.25, -0.2) is 18.7 Å². The Balaban J connectivity index is 1.93. The van der Waals surface area contributed by atoms with E-state index in [4.69, 9.17) is 0 Å². The first-order valence-corrected chi connectivity index (χ1v) is 10.3. The van der Waals surface area contributed by atoms with Crippen LogP contribution in [0.1, 0.15) is 34.5 Å². The number of hydrogen-bond donors (Lipinski definition) is 1. The number of Topliss-reactive ketones (excluding diaryl/α,β-unsaturated/α-hetero) is 1. The predicted molar refractivity (Wildman–Crippen MR) is 116 cm³/mol. The van der Waals surface area contributed by atoms with Gasteiger partial charge in [-0.3, -0.25) is 9.78 Å². The Morgan fingerprint density at radius 2 is 1.82 bits per heavy atom. The van der Waals surface area contributed by atoms with Crippen LogP contribution in [0.25, 0.3) is 11.4 Å². The number of benzene rings is 1. The molecule has 0 aliphatic rings. The van der Waals surface area contributed by atoms with Crippen molar-refractivity contribution >= 4 is 11.6 Å². The minimum Gasteiger partial charge on any atom is -0.366 e. The second kappa shape index (κ2) is 10.6. The number of carbonyl (C=O) groups is 1. The molecular formula is C23H22F5N5O.